The topological polar surface area (TPSA) is 70.7 Å². The maximum atomic E-state index is 12.6. The molecular weight excluding hydrogens is 342 g/mol. The Morgan fingerprint density at radius 2 is 1.96 bits per heavy atom. The third kappa shape index (κ3) is 4.43. The molecule has 2 saturated heterocycles. The molecule has 2 aliphatic heterocycles. The van der Waals surface area contributed by atoms with E-state index >= 15 is 0 Å². The maximum absolute atomic E-state index is 12.6. The van der Waals surface area contributed by atoms with Gasteiger partial charge in [0.15, 0.2) is 6.61 Å². The van der Waals surface area contributed by atoms with Crippen LogP contribution in [0.5, 0.6) is 5.75 Å². The van der Waals surface area contributed by atoms with E-state index in [1.54, 1.807) is 6.07 Å². The standard InChI is InChI=1S/C21H29N3O3/c25-20(24-10-3-4-11-24)14-27-17-8-5-7-16(13-17)22-21(26)19-12-15-6-1-2-9-18(15)23-19/h5,7-8,13,15,18-19,23H,1-4,6,9-12,14H2,(H,22,26). The first-order valence-corrected chi connectivity index (χ1v) is 10.3. The van der Waals surface area contributed by atoms with Crippen LogP contribution in [0, 0.1) is 5.92 Å². The highest BCUT2D eigenvalue weighted by atomic mass is 16.5. The van der Waals surface area contributed by atoms with Crippen molar-refractivity contribution in [3.63, 3.8) is 0 Å². The van der Waals surface area contributed by atoms with Crippen LogP contribution in [-0.4, -0.2) is 48.5 Å². The summed E-state index contributed by atoms with van der Waals surface area (Å²) in [7, 11) is 0. The van der Waals surface area contributed by atoms with E-state index in [9.17, 15) is 9.59 Å². The van der Waals surface area contributed by atoms with E-state index in [4.69, 9.17) is 4.74 Å². The highest BCUT2D eigenvalue weighted by molar-refractivity contribution is 5.95. The number of rotatable bonds is 5. The van der Waals surface area contributed by atoms with Gasteiger partial charge in [0.1, 0.15) is 5.75 Å². The number of ether oxygens (including phenoxy) is 1. The summed E-state index contributed by atoms with van der Waals surface area (Å²) in [6, 6.07) is 7.69. The van der Waals surface area contributed by atoms with Crippen molar-refractivity contribution < 1.29 is 14.3 Å². The number of nitrogens with one attached hydrogen (secondary N) is 2. The lowest BCUT2D eigenvalue weighted by Gasteiger charge is -2.24. The zero-order valence-electron chi connectivity index (χ0n) is 15.8. The molecule has 27 heavy (non-hydrogen) atoms. The molecule has 0 aromatic heterocycles. The van der Waals surface area contributed by atoms with Crippen LogP contribution in [0.3, 0.4) is 0 Å². The summed E-state index contributed by atoms with van der Waals surface area (Å²) in [6.07, 6.45) is 8.04. The number of amides is 2. The molecule has 0 bridgehead atoms. The summed E-state index contributed by atoms with van der Waals surface area (Å²) >= 11 is 0. The second-order valence-corrected chi connectivity index (χ2v) is 8.00. The van der Waals surface area contributed by atoms with Crippen LogP contribution < -0.4 is 15.4 Å². The molecule has 3 unspecified atom stereocenters. The summed E-state index contributed by atoms with van der Waals surface area (Å²) in [5.41, 5.74) is 0.711. The van der Waals surface area contributed by atoms with Crippen molar-refractivity contribution in [2.24, 2.45) is 5.92 Å². The SMILES string of the molecule is O=C(Nc1cccc(OCC(=O)N2CCCC2)c1)C1CC2CCCCC2N1. The van der Waals surface area contributed by atoms with Crippen molar-refractivity contribution in [2.45, 2.75) is 57.0 Å². The van der Waals surface area contributed by atoms with Crippen LogP contribution in [0.2, 0.25) is 0 Å². The molecule has 2 heterocycles. The third-order valence-corrected chi connectivity index (χ3v) is 6.10. The number of hydrogen-bond donors (Lipinski definition) is 2. The lowest BCUT2D eigenvalue weighted by Crippen LogP contribution is -2.39. The van der Waals surface area contributed by atoms with Gasteiger partial charge in [-0.2, -0.15) is 0 Å². The molecule has 6 nitrogen and oxygen atoms in total. The molecule has 3 fully saturated rings. The molecule has 2 N–H and O–H groups in total. The van der Waals surface area contributed by atoms with Gasteiger partial charge in [-0.25, -0.2) is 0 Å². The Morgan fingerprint density at radius 1 is 1.15 bits per heavy atom. The molecule has 1 saturated carbocycles. The summed E-state index contributed by atoms with van der Waals surface area (Å²) in [6.45, 7) is 1.70. The van der Waals surface area contributed by atoms with E-state index in [2.05, 4.69) is 10.6 Å². The molecule has 1 aliphatic carbocycles. The number of benzene rings is 1. The molecule has 146 valence electrons. The van der Waals surface area contributed by atoms with E-state index in [1.807, 2.05) is 23.1 Å². The zero-order valence-corrected chi connectivity index (χ0v) is 15.8. The Bertz CT molecular complexity index is 673. The molecule has 0 radical (unpaired) electrons. The average Bonchev–Trinajstić information content (AvgIpc) is 3.36. The predicted molar refractivity (Wildman–Crippen MR) is 104 cm³/mol. The number of likely N-dealkylation sites (tertiary alicyclic amines) is 1. The van der Waals surface area contributed by atoms with Gasteiger partial charge in [-0.3, -0.25) is 9.59 Å². The van der Waals surface area contributed by atoms with E-state index in [0.29, 0.717) is 23.4 Å². The molecule has 3 atom stereocenters. The Morgan fingerprint density at radius 3 is 2.78 bits per heavy atom. The average molecular weight is 371 g/mol. The molecule has 3 aliphatic rings. The van der Waals surface area contributed by atoms with Gasteiger partial charge in [0.05, 0.1) is 6.04 Å². The van der Waals surface area contributed by atoms with E-state index in [1.165, 1.54) is 25.7 Å². The number of fused-ring (bicyclic) bond motifs is 1. The molecule has 6 heteroatoms. The number of carbonyl (C=O) groups excluding carboxylic acids is 2. The van der Waals surface area contributed by atoms with Crippen molar-refractivity contribution in [3.05, 3.63) is 24.3 Å². The van der Waals surface area contributed by atoms with Gasteiger partial charge in [-0.1, -0.05) is 18.9 Å². The number of hydrogen-bond acceptors (Lipinski definition) is 4. The highest BCUT2D eigenvalue weighted by Crippen LogP contribution is 2.33. The summed E-state index contributed by atoms with van der Waals surface area (Å²) in [4.78, 5) is 26.6. The second-order valence-electron chi connectivity index (χ2n) is 8.00. The van der Waals surface area contributed by atoms with Gasteiger partial charge in [-0.15, -0.1) is 0 Å². The third-order valence-electron chi connectivity index (χ3n) is 6.10. The van der Waals surface area contributed by atoms with Gasteiger partial charge < -0.3 is 20.3 Å². The highest BCUT2D eigenvalue weighted by Gasteiger charge is 2.38. The van der Waals surface area contributed by atoms with Gasteiger partial charge >= 0.3 is 0 Å². The van der Waals surface area contributed by atoms with Crippen molar-refractivity contribution >= 4 is 17.5 Å². The number of carbonyl (C=O) groups is 2. The first-order valence-electron chi connectivity index (χ1n) is 10.3. The lowest BCUT2D eigenvalue weighted by molar-refractivity contribution is -0.132. The monoisotopic (exact) mass is 371 g/mol. The first-order chi connectivity index (χ1) is 13.2. The molecule has 1 aromatic rings. The Hall–Kier alpha value is -2.08. The molecule has 4 rings (SSSR count). The summed E-state index contributed by atoms with van der Waals surface area (Å²) < 4.78 is 5.65. The van der Waals surface area contributed by atoms with Gasteiger partial charge in [0.25, 0.3) is 5.91 Å². The summed E-state index contributed by atoms with van der Waals surface area (Å²) in [5.74, 6) is 1.29. The largest absolute Gasteiger partial charge is 0.484 e. The van der Waals surface area contributed by atoms with Crippen LogP contribution >= 0.6 is 0 Å². The van der Waals surface area contributed by atoms with Gasteiger partial charge in [-0.05, 0) is 50.2 Å². The Kier molecular flexibility index (Phi) is 5.62. The minimum atomic E-state index is -0.112. The number of nitrogens with zero attached hydrogens (tertiary/aromatic N) is 1. The smallest absolute Gasteiger partial charge is 0.260 e. The molecule has 0 spiro atoms. The van der Waals surface area contributed by atoms with Crippen molar-refractivity contribution in [1.82, 2.24) is 10.2 Å². The zero-order chi connectivity index (χ0) is 18.6. The van der Waals surface area contributed by atoms with Gasteiger partial charge in [0.2, 0.25) is 5.91 Å². The number of anilines is 1. The Balaban J connectivity index is 1.29. The predicted octanol–water partition coefficient (Wildman–Crippen LogP) is 2.55. The van der Waals surface area contributed by atoms with Crippen LogP contribution in [0.25, 0.3) is 0 Å². The first kappa shape index (κ1) is 18.3. The molecule has 2 amide bonds. The van der Waals surface area contributed by atoms with Crippen molar-refractivity contribution in [2.75, 3.05) is 25.0 Å². The normalized spacial score (nSPS) is 27.3. The van der Waals surface area contributed by atoms with E-state index in [-0.39, 0.29) is 24.5 Å². The molecular formula is C21H29N3O3. The minimum Gasteiger partial charge on any atom is -0.484 e. The van der Waals surface area contributed by atoms with Crippen LogP contribution in [0.15, 0.2) is 24.3 Å². The summed E-state index contributed by atoms with van der Waals surface area (Å²) in [5, 5.41) is 6.51. The van der Waals surface area contributed by atoms with E-state index < -0.39 is 0 Å². The quantitative estimate of drug-likeness (QED) is 0.835. The van der Waals surface area contributed by atoms with Crippen LogP contribution in [0.4, 0.5) is 5.69 Å². The minimum absolute atomic E-state index is 0.0229. The maximum Gasteiger partial charge on any atom is 0.260 e. The van der Waals surface area contributed by atoms with Crippen LogP contribution in [-0.2, 0) is 9.59 Å². The fourth-order valence-electron chi connectivity index (χ4n) is 4.62. The fourth-order valence-corrected chi connectivity index (χ4v) is 4.62. The lowest BCUT2D eigenvalue weighted by atomic mass is 9.85. The van der Waals surface area contributed by atoms with Crippen molar-refractivity contribution in [1.29, 1.82) is 0 Å². The second kappa shape index (κ2) is 8.30. The van der Waals surface area contributed by atoms with Crippen LogP contribution in [0.1, 0.15) is 44.9 Å². The fraction of sp³-hybridized carbons (Fsp3) is 0.619. The molecule has 1 aromatic carbocycles. The van der Waals surface area contributed by atoms with Gasteiger partial charge in [0, 0.05) is 30.9 Å². The van der Waals surface area contributed by atoms with Crippen molar-refractivity contribution in [3.8, 4) is 5.75 Å². The van der Waals surface area contributed by atoms with E-state index in [0.717, 1.165) is 32.4 Å². The Labute approximate surface area is 160 Å².